The Balaban J connectivity index is 2.07. The van der Waals surface area contributed by atoms with Crippen molar-refractivity contribution in [3.8, 4) is 0 Å². The number of nitrogens with zero attached hydrogens (tertiary/aromatic N) is 1. The first-order valence-electron chi connectivity index (χ1n) is 8.96. The highest BCUT2D eigenvalue weighted by molar-refractivity contribution is 7.99. The van der Waals surface area contributed by atoms with Gasteiger partial charge in [0.1, 0.15) is 6.04 Å². The first-order chi connectivity index (χ1) is 13.3. The third kappa shape index (κ3) is 6.43. The highest BCUT2D eigenvalue weighted by Crippen LogP contribution is 2.24. The van der Waals surface area contributed by atoms with Gasteiger partial charge in [-0.2, -0.15) is 0 Å². The molecule has 1 atom stereocenters. The van der Waals surface area contributed by atoms with Gasteiger partial charge >= 0.3 is 0 Å². The lowest BCUT2D eigenvalue weighted by atomic mass is 10.1. The topological polar surface area (TPSA) is 49.4 Å². The Morgan fingerprint density at radius 3 is 2.43 bits per heavy atom. The van der Waals surface area contributed by atoms with E-state index in [2.05, 4.69) is 5.32 Å². The number of benzene rings is 2. The van der Waals surface area contributed by atoms with Gasteiger partial charge in [-0.1, -0.05) is 47.0 Å². The van der Waals surface area contributed by atoms with Crippen LogP contribution in [0.15, 0.2) is 47.4 Å². The van der Waals surface area contributed by atoms with E-state index in [1.807, 2.05) is 31.2 Å². The van der Waals surface area contributed by atoms with Crippen molar-refractivity contribution in [1.82, 2.24) is 10.2 Å². The molecule has 0 spiro atoms. The van der Waals surface area contributed by atoms with E-state index in [1.54, 1.807) is 48.8 Å². The van der Waals surface area contributed by atoms with Gasteiger partial charge < -0.3 is 10.2 Å². The number of aryl methyl sites for hydroxylation is 1. The van der Waals surface area contributed by atoms with Gasteiger partial charge in [-0.3, -0.25) is 9.59 Å². The van der Waals surface area contributed by atoms with Gasteiger partial charge in [-0.05, 0) is 43.7 Å². The summed E-state index contributed by atoms with van der Waals surface area (Å²) in [6.45, 7) is 4.00. The number of carbonyl (C=O) groups is 2. The molecule has 0 aliphatic rings. The van der Waals surface area contributed by atoms with E-state index in [9.17, 15) is 9.59 Å². The highest BCUT2D eigenvalue weighted by atomic mass is 35.5. The van der Waals surface area contributed by atoms with Crippen LogP contribution in [-0.4, -0.2) is 35.6 Å². The van der Waals surface area contributed by atoms with Crippen LogP contribution in [0.3, 0.4) is 0 Å². The summed E-state index contributed by atoms with van der Waals surface area (Å²) in [7, 11) is 1.56. The van der Waals surface area contributed by atoms with Crippen molar-refractivity contribution in [1.29, 1.82) is 0 Å². The Labute approximate surface area is 180 Å². The summed E-state index contributed by atoms with van der Waals surface area (Å²) in [5.41, 5.74) is 1.95. The van der Waals surface area contributed by atoms with Crippen molar-refractivity contribution in [3.05, 3.63) is 63.6 Å². The second-order valence-corrected chi connectivity index (χ2v) is 8.47. The molecule has 2 aromatic carbocycles. The number of hydrogen-bond acceptors (Lipinski definition) is 3. The van der Waals surface area contributed by atoms with Crippen LogP contribution in [0, 0.1) is 6.92 Å². The molecular formula is C21H24Cl2N2O2S. The molecule has 150 valence electrons. The molecule has 0 heterocycles. The first kappa shape index (κ1) is 22.6. The van der Waals surface area contributed by atoms with Gasteiger partial charge in [-0.15, -0.1) is 11.8 Å². The normalized spacial score (nSPS) is 11.8. The maximum atomic E-state index is 12.9. The summed E-state index contributed by atoms with van der Waals surface area (Å²) in [5, 5.41) is 3.61. The largest absolute Gasteiger partial charge is 0.357 e. The van der Waals surface area contributed by atoms with Gasteiger partial charge in [0.15, 0.2) is 0 Å². The average Bonchev–Trinajstić information content (AvgIpc) is 2.67. The van der Waals surface area contributed by atoms with Gasteiger partial charge in [0.25, 0.3) is 0 Å². The number of nitrogens with one attached hydrogen (secondary N) is 1. The van der Waals surface area contributed by atoms with Crippen LogP contribution >= 0.6 is 35.0 Å². The van der Waals surface area contributed by atoms with E-state index in [1.165, 1.54) is 5.56 Å². The summed E-state index contributed by atoms with van der Waals surface area (Å²) in [4.78, 5) is 27.7. The van der Waals surface area contributed by atoms with Crippen molar-refractivity contribution < 1.29 is 9.59 Å². The number of likely N-dealkylation sites (N-methyl/N-ethyl adjacent to an activating group) is 1. The van der Waals surface area contributed by atoms with Crippen molar-refractivity contribution in [3.63, 3.8) is 0 Å². The fourth-order valence-electron chi connectivity index (χ4n) is 2.66. The summed E-state index contributed by atoms with van der Waals surface area (Å²) >= 11 is 13.8. The molecule has 0 fully saturated rings. The molecule has 2 rings (SSSR count). The zero-order valence-corrected chi connectivity index (χ0v) is 18.5. The van der Waals surface area contributed by atoms with Crippen LogP contribution in [0.5, 0.6) is 0 Å². The zero-order chi connectivity index (χ0) is 20.7. The minimum absolute atomic E-state index is 0.0956. The molecule has 0 bridgehead atoms. The molecule has 7 heteroatoms. The third-order valence-corrected chi connectivity index (χ3v) is 5.98. The average molecular weight is 439 g/mol. The smallest absolute Gasteiger partial charge is 0.242 e. The van der Waals surface area contributed by atoms with Crippen LogP contribution in [0.1, 0.15) is 24.5 Å². The Morgan fingerprint density at radius 2 is 1.82 bits per heavy atom. The van der Waals surface area contributed by atoms with Gasteiger partial charge in [0.05, 0.1) is 0 Å². The molecule has 0 aliphatic carbocycles. The van der Waals surface area contributed by atoms with E-state index in [0.717, 1.165) is 10.5 Å². The van der Waals surface area contributed by atoms with E-state index in [-0.39, 0.29) is 18.4 Å². The zero-order valence-electron chi connectivity index (χ0n) is 16.2. The molecule has 0 saturated heterocycles. The molecule has 2 amide bonds. The number of hydrogen-bond donors (Lipinski definition) is 1. The molecule has 28 heavy (non-hydrogen) atoms. The predicted octanol–water partition coefficient (Wildman–Crippen LogP) is 4.95. The van der Waals surface area contributed by atoms with Crippen molar-refractivity contribution in [2.45, 2.75) is 37.8 Å². The van der Waals surface area contributed by atoms with Crippen LogP contribution < -0.4 is 5.32 Å². The molecule has 0 radical (unpaired) electrons. The minimum atomic E-state index is -0.603. The van der Waals surface area contributed by atoms with Crippen LogP contribution in [0.4, 0.5) is 0 Å². The van der Waals surface area contributed by atoms with Gasteiger partial charge in [0.2, 0.25) is 11.8 Å². The maximum Gasteiger partial charge on any atom is 0.242 e. The maximum absolute atomic E-state index is 12.9. The molecule has 2 aromatic rings. The first-order valence-corrected chi connectivity index (χ1v) is 10.7. The van der Waals surface area contributed by atoms with Crippen molar-refractivity contribution in [2.75, 3.05) is 12.8 Å². The molecule has 0 aliphatic heterocycles. The lowest BCUT2D eigenvalue weighted by Crippen LogP contribution is -2.46. The summed E-state index contributed by atoms with van der Waals surface area (Å²) in [6, 6.07) is 12.7. The van der Waals surface area contributed by atoms with Crippen LogP contribution in [-0.2, 0) is 16.1 Å². The second kappa shape index (κ2) is 10.7. The number of amides is 2. The Kier molecular flexibility index (Phi) is 8.67. The quantitative estimate of drug-likeness (QED) is 0.593. The molecule has 1 unspecified atom stereocenters. The third-order valence-electron chi connectivity index (χ3n) is 4.38. The summed E-state index contributed by atoms with van der Waals surface area (Å²) in [5.74, 6) is 0.319. The Hall–Kier alpha value is -1.69. The van der Waals surface area contributed by atoms with Gasteiger partial charge in [0, 0.05) is 40.7 Å². The van der Waals surface area contributed by atoms with Gasteiger partial charge in [-0.25, -0.2) is 0 Å². The molecule has 0 aromatic heterocycles. The number of rotatable bonds is 8. The Bertz CT molecular complexity index is 828. The SMILES string of the molecule is CNC(=O)C(C)N(Cc1ccc(Cl)cc1Cl)C(=O)CCSc1ccc(C)cc1. The van der Waals surface area contributed by atoms with E-state index >= 15 is 0 Å². The number of carbonyl (C=O) groups excluding carboxylic acids is 2. The molecule has 0 saturated carbocycles. The van der Waals surface area contributed by atoms with Crippen molar-refractivity contribution in [2.24, 2.45) is 0 Å². The standard InChI is InChI=1S/C21H24Cl2N2O2S/c1-14-4-8-18(9-5-14)28-11-10-20(26)25(15(2)21(27)24-3)13-16-6-7-17(22)12-19(16)23/h4-9,12,15H,10-11,13H2,1-3H3,(H,24,27). The minimum Gasteiger partial charge on any atom is -0.357 e. The van der Waals surface area contributed by atoms with Crippen molar-refractivity contribution >= 4 is 46.8 Å². The predicted molar refractivity (Wildman–Crippen MR) is 117 cm³/mol. The molecule has 1 N–H and O–H groups in total. The van der Waals surface area contributed by atoms with Crippen LogP contribution in [0.2, 0.25) is 10.0 Å². The molecular weight excluding hydrogens is 415 g/mol. The van der Waals surface area contributed by atoms with E-state index in [4.69, 9.17) is 23.2 Å². The van der Waals surface area contributed by atoms with Crippen LogP contribution in [0.25, 0.3) is 0 Å². The fraction of sp³-hybridized carbons (Fsp3) is 0.333. The monoisotopic (exact) mass is 438 g/mol. The second-order valence-electron chi connectivity index (χ2n) is 6.46. The number of halogens is 2. The Morgan fingerprint density at radius 1 is 1.14 bits per heavy atom. The fourth-order valence-corrected chi connectivity index (χ4v) is 3.97. The lowest BCUT2D eigenvalue weighted by molar-refractivity contribution is -0.140. The number of thioether (sulfide) groups is 1. The summed E-state index contributed by atoms with van der Waals surface area (Å²) in [6.07, 6.45) is 0.324. The van der Waals surface area contributed by atoms with E-state index in [0.29, 0.717) is 22.2 Å². The molecule has 4 nitrogen and oxygen atoms in total. The summed E-state index contributed by atoms with van der Waals surface area (Å²) < 4.78 is 0. The highest BCUT2D eigenvalue weighted by Gasteiger charge is 2.25. The lowest BCUT2D eigenvalue weighted by Gasteiger charge is -2.28. The van der Waals surface area contributed by atoms with E-state index < -0.39 is 6.04 Å².